The molecule has 0 aromatic heterocycles. The van der Waals surface area contributed by atoms with Crippen LogP contribution in [0.5, 0.6) is 5.75 Å². The zero-order chi connectivity index (χ0) is 19.4. The Morgan fingerprint density at radius 2 is 1.70 bits per heavy atom. The standard InChI is InChI=1S/C20H20N2O4S/c1-14-7-8-15(2)19(11-14)26-13-20(23)21-22-27(24,25)18-10-9-16-5-3-4-6-17(16)12-18/h3-12,22H,13H2,1-2H3,(H,21,23). The van der Waals surface area contributed by atoms with Crippen LogP contribution in [0, 0.1) is 13.8 Å². The molecule has 0 aliphatic heterocycles. The van der Waals surface area contributed by atoms with E-state index in [4.69, 9.17) is 4.74 Å². The van der Waals surface area contributed by atoms with Gasteiger partial charge in [0.2, 0.25) is 0 Å². The Balaban J connectivity index is 1.62. The zero-order valence-corrected chi connectivity index (χ0v) is 15.8. The second-order valence-electron chi connectivity index (χ2n) is 6.22. The van der Waals surface area contributed by atoms with Gasteiger partial charge >= 0.3 is 0 Å². The lowest BCUT2D eigenvalue weighted by atomic mass is 10.1. The van der Waals surface area contributed by atoms with Gasteiger partial charge in [0, 0.05) is 0 Å². The second kappa shape index (κ2) is 7.77. The molecule has 3 rings (SSSR count). The highest BCUT2D eigenvalue weighted by molar-refractivity contribution is 7.89. The van der Waals surface area contributed by atoms with Crippen molar-refractivity contribution < 1.29 is 17.9 Å². The summed E-state index contributed by atoms with van der Waals surface area (Å²) in [7, 11) is -3.88. The van der Waals surface area contributed by atoms with Gasteiger partial charge in [0.05, 0.1) is 4.90 Å². The molecule has 1 amide bonds. The predicted molar refractivity (Wildman–Crippen MR) is 104 cm³/mol. The van der Waals surface area contributed by atoms with Crippen LogP contribution in [0.15, 0.2) is 65.6 Å². The number of sulfonamides is 1. The van der Waals surface area contributed by atoms with E-state index >= 15 is 0 Å². The van der Waals surface area contributed by atoms with Crippen LogP contribution in [-0.4, -0.2) is 20.9 Å². The summed E-state index contributed by atoms with van der Waals surface area (Å²) in [5.74, 6) is -0.0113. The van der Waals surface area contributed by atoms with E-state index in [9.17, 15) is 13.2 Å². The van der Waals surface area contributed by atoms with Gasteiger partial charge in [0.25, 0.3) is 15.9 Å². The first-order valence-electron chi connectivity index (χ1n) is 8.35. The topological polar surface area (TPSA) is 84.5 Å². The maximum atomic E-state index is 12.4. The molecule has 0 saturated carbocycles. The van der Waals surface area contributed by atoms with Gasteiger partial charge < -0.3 is 4.74 Å². The molecule has 3 aromatic rings. The van der Waals surface area contributed by atoms with E-state index in [0.29, 0.717) is 5.75 Å². The Labute approximate surface area is 158 Å². The van der Waals surface area contributed by atoms with Crippen molar-refractivity contribution in [2.45, 2.75) is 18.7 Å². The van der Waals surface area contributed by atoms with Crippen LogP contribution >= 0.6 is 0 Å². The normalized spacial score (nSPS) is 11.3. The fourth-order valence-corrected chi connectivity index (χ4v) is 3.46. The number of benzene rings is 3. The minimum Gasteiger partial charge on any atom is -0.483 e. The molecule has 6 nitrogen and oxygen atoms in total. The molecule has 0 spiro atoms. The van der Waals surface area contributed by atoms with Gasteiger partial charge in [-0.3, -0.25) is 10.2 Å². The van der Waals surface area contributed by atoms with Gasteiger partial charge in [-0.2, -0.15) is 0 Å². The summed E-state index contributed by atoms with van der Waals surface area (Å²) in [5.41, 5.74) is 4.07. The summed E-state index contributed by atoms with van der Waals surface area (Å²) in [6, 6.07) is 17.8. The Morgan fingerprint density at radius 1 is 0.963 bits per heavy atom. The molecule has 2 N–H and O–H groups in total. The highest BCUT2D eigenvalue weighted by atomic mass is 32.2. The van der Waals surface area contributed by atoms with Gasteiger partial charge in [-0.25, -0.2) is 8.42 Å². The SMILES string of the molecule is Cc1ccc(C)c(OCC(=O)NNS(=O)(=O)c2ccc3ccccc3c2)c1. The maximum absolute atomic E-state index is 12.4. The van der Waals surface area contributed by atoms with Crippen molar-refractivity contribution in [3.63, 3.8) is 0 Å². The third-order valence-electron chi connectivity index (χ3n) is 4.06. The van der Waals surface area contributed by atoms with Crippen molar-refractivity contribution in [3.05, 3.63) is 71.8 Å². The van der Waals surface area contributed by atoms with E-state index in [1.54, 1.807) is 12.1 Å². The second-order valence-corrected chi connectivity index (χ2v) is 7.90. The summed E-state index contributed by atoms with van der Waals surface area (Å²) in [5, 5.41) is 1.73. The average Bonchev–Trinajstić information content (AvgIpc) is 2.66. The Hall–Kier alpha value is -2.90. The molecule has 0 aliphatic carbocycles. The van der Waals surface area contributed by atoms with E-state index in [1.165, 1.54) is 6.07 Å². The molecule has 0 aliphatic rings. The molecule has 140 valence electrons. The molecule has 0 bridgehead atoms. The van der Waals surface area contributed by atoms with Gasteiger partial charge in [-0.1, -0.05) is 42.5 Å². The number of rotatable bonds is 6. The van der Waals surface area contributed by atoms with Crippen LogP contribution in [0.25, 0.3) is 10.8 Å². The van der Waals surface area contributed by atoms with Crippen molar-refractivity contribution in [1.82, 2.24) is 10.3 Å². The van der Waals surface area contributed by atoms with Crippen LogP contribution in [0.2, 0.25) is 0 Å². The molecule has 3 aromatic carbocycles. The number of hydrogen-bond acceptors (Lipinski definition) is 4. The highest BCUT2D eigenvalue weighted by Crippen LogP contribution is 2.19. The van der Waals surface area contributed by atoms with Crippen molar-refractivity contribution in [2.75, 3.05) is 6.61 Å². The van der Waals surface area contributed by atoms with E-state index in [-0.39, 0.29) is 11.5 Å². The van der Waals surface area contributed by atoms with Crippen LogP contribution in [0.1, 0.15) is 11.1 Å². The Kier molecular flexibility index (Phi) is 5.43. The molecule has 0 fully saturated rings. The number of carbonyl (C=O) groups excluding carboxylic acids is 1. The first-order valence-corrected chi connectivity index (χ1v) is 9.83. The maximum Gasteiger partial charge on any atom is 0.272 e. The number of nitrogens with one attached hydrogen (secondary N) is 2. The van der Waals surface area contributed by atoms with E-state index < -0.39 is 15.9 Å². The number of carbonyl (C=O) groups is 1. The first kappa shape index (κ1) is 18.9. The van der Waals surface area contributed by atoms with Crippen molar-refractivity contribution in [1.29, 1.82) is 0 Å². The fraction of sp³-hybridized carbons (Fsp3) is 0.150. The molecule has 7 heteroatoms. The molecule has 27 heavy (non-hydrogen) atoms. The van der Waals surface area contributed by atoms with E-state index in [1.807, 2.05) is 56.3 Å². The largest absolute Gasteiger partial charge is 0.483 e. The van der Waals surface area contributed by atoms with Gasteiger partial charge in [-0.05, 0) is 53.9 Å². The number of ether oxygens (including phenoxy) is 1. The summed E-state index contributed by atoms with van der Waals surface area (Å²) >= 11 is 0. The number of aryl methyl sites for hydroxylation is 2. The third-order valence-corrected chi connectivity index (χ3v) is 5.30. The molecule has 0 saturated heterocycles. The zero-order valence-electron chi connectivity index (χ0n) is 15.0. The fourth-order valence-electron chi connectivity index (χ4n) is 2.56. The number of fused-ring (bicyclic) bond motifs is 1. The van der Waals surface area contributed by atoms with Gasteiger partial charge in [-0.15, -0.1) is 4.83 Å². The first-order chi connectivity index (χ1) is 12.8. The summed E-state index contributed by atoms with van der Waals surface area (Å²) in [4.78, 5) is 14.1. The smallest absolute Gasteiger partial charge is 0.272 e. The Bertz CT molecular complexity index is 1090. The van der Waals surface area contributed by atoms with Gasteiger partial charge in [0.15, 0.2) is 6.61 Å². The molecule has 0 atom stereocenters. The van der Waals surface area contributed by atoms with Crippen LogP contribution < -0.4 is 15.0 Å². The molecule has 0 radical (unpaired) electrons. The third kappa shape index (κ3) is 4.64. The Morgan fingerprint density at radius 3 is 2.48 bits per heavy atom. The molecule has 0 unspecified atom stereocenters. The van der Waals surface area contributed by atoms with Gasteiger partial charge in [0.1, 0.15) is 5.75 Å². The monoisotopic (exact) mass is 384 g/mol. The minimum absolute atomic E-state index is 0.0666. The highest BCUT2D eigenvalue weighted by Gasteiger charge is 2.16. The summed E-state index contributed by atoms with van der Waals surface area (Å²) in [6.45, 7) is 3.49. The summed E-state index contributed by atoms with van der Waals surface area (Å²) < 4.78 is 30.2. The van der Waals surface area contributed by atoms with E-state index in [2.05, 4.69) is 10.3 Å². The lowest BCUT2D eigenvalue weighted by molar-refractivity contribution is -0.123. The molecular weight excluding hydrogens is 364 g/mol. The van der Waals surface area contributed by atoms with Crippen LogP contribution in [-0.2, 0) is 14.8 Å². The van der Waals surface area contributed by atoms with E-state index in [0.717, 1.165) is 21.9 Å². The number of hydrogen-bond donors (Lipinski definition) is 2. The quantitative estimate of drug-likeness (QED) is 0.640. The predicted octanol–water partition coefficient (Wildman–Crippen LogP) is 2.85. The minimum atomic E-state index is -3.88. The lowest BCUT2D eigenvalue weighted by Gasteiger charge is -2.11. The average molecular weight is 384 g/mol. The van der Waals surface area contributed by atoms with Crippen molar-refractivity contribution in [3.8, 4) is 5.75 Å². The summed E-state index contributed by atoms with van der Waals surface area (Å²) in [6.07, 6.45) is 0. The molecular formula is C20H20N2O4S. The van der Waals surface area contributed by atoms with Crippen molar-refractivity contribution in [2.24, 2.45) is 0 Å². The van der Waals surface area contributed by atoms with Crippen molar-refractivity contribution >= 4 is 26.7 Å². The van der Waals surface area contributed by atoms with Crippen LogP contribution in [0.4, 0.5) is 0 Å². The number of hydrazine groups is 1. The number of amides is 1. The van der Waals surface area contributed by atoms with Crippen LogP contribution in [0.3, 0.4) is 0 Å². The molecule has 0 heterocycles. The lowest BCUT2D eigenvalue weighted by Crippen LogP contribution is -2.43.